The summed E-state index contributed by atoms with van der Waals surface area (Å²) in [5.74, 6) is -1.04. The summed E-state index contributed by atoms with van der Waals surface area (Å²) in [4.78, 5) is 25.3. The number of likely N-dealkylation sites (tertiary alicyclic amines) is 1. The summed E-state index contributed by atoms with van der Waals surface area (Å²) >= 11 is 0. The molecule has 0 radical (unpaired) electrons. The van der Waals surface area contributed by atoms with Gasteiger partial charge in [0, 0.05) is 13.1 Å². The molecule has 1 aliphatic rings. The van der Waals surface area contributed by atoms with Crippen LogP contribution in [0.2, 0.25) is 0 Å². The number of rotatable bonds is 4. The highest BCUT2D eigenvalue weighted by molar-refractivity contribution is 6.06. The Morgan fingerprint density at radius 3 is 2.58 bits per heavy atom. The summed E-state index contributed by atoms with van der Waals surface area (Å²) in [5.41, 5.74) is 9.87. The van der Waals surface area contributed by atoms with Gasteiger partial charge in [0.05, 0.1) is 5.92 Å². The van der Waals surface area contributed by atoms with Crippen molar-refractivity contribution in [1.82, 2.24) is 4.90 Å². The van der Waals surface area contributed by atoms with E-state index < -0.39 is 5.41 Å². The van der Waals surface area contributed by atoms with E-state index in [1.54, 1.807) is 18.7 Å². The Bertz CT molecular complexity index is 396. The highest BCUT2D eigenvalue weighted by atomic mass is 16.4. The first-order valence-corrected chi connectivity index (χ1v) is 6.43. The summed E-state index contributed by atoms with van der Waals surface area (Å²) in [6.45, 7) is 4.31. The summed E-state index contributed by atoms with van der Waals surface area (Å²) in [7, 11) is 0. The van der Waals surface area contributed by atoms with Crippen LogP contribution in [0.15, 0.2) is 5.16 Å². The fourth-order valence-corrected chi connectivity index (χ4v) is 2.30. The van der Waals surface area contributed by atoms with Gasteiger partial charge in [-0.2, -0.15) is 0 Å². The number of oxime groups is 1. The van der Waals surface area contributed by atoms with Crippen LogP contribution in [0, 0.1) is 11.3 Å². The Labute approximate surface area is 112 Å². The van der Waals surface area contributed by atoms with Crippen LogP contribution in [0.5, 0.6) is 0 Å². The van der Waals surface area contributed by atoms with Gasteiger partial charge in [-0.3, -0.25) is 9.59 Å². The molecule has 1 aliphatic heterocycles. The Hall–Kier alpha value is -1.79. The summed E-state index contributed by atoms with van der Waals surface area (Å²) < 4.78 is 0. The zero-order chi connectivity index (χ0) is 14.6. The third-order valence-electron chi connectivity index (χ3n) is 3.96. The second kappa shape index (κ2) is 5.90. The lowest BCUT2D eigenvalue weighted by atomic mass is 9.83. The van der Waals surface area contributed by atoms with Gasteiger partial charge >= 0.3 is 0 Å². The van der Waals surface area contributed by atoms with Crippen molar-refractivity contribution < 1.29 is 14.8 Å². The number of nitrogens with two attached hydrogens (primary N) is 2. The quantitative estimate of drug-likeness (QED) is 0.285. The molecular weight excluding hydrogens is 248 g/mol. The molecule has 19 heavy (non-hydrogen) atoms. The SMILES string of the molecule is CCC(C)(C(=O)N1CCCC(C(N)=O)C1)C(N)=NO. The number of amidine groups is 1. The first-order chi connectivity index (χ1) is 8.86. The molecule has 7 heteroatoms. The molecule has 1 heterocycles. The van der Waals surface area contributed by atoms with E-state index in [4.69, 9.17) is 16.7 Å². The molecule has 7 nitrogen and oxygen atoms in total. The van der Waals surface area contributed by atoms with Crippen LogP contribution in [0.1, 0.15) is 33.1 Å². The third kappa shape index (κ3) is 2.97. The molecule has 0 aromatic carbocycles. The van der Waals surface area contributed by atoms with Crippen LogP contribution in [0.4, 0.5) is 0 Å². The van der Waals surface area contributed by atoms with Gasteiger partial charge in [-0.15, -0.1) is 0 Å². The molecule has 0 aromatic rings. The topological polar surface area (TPSA) is 122 Å². The highest BCUT2D eigenvalue weighted by Gasteiger charge is 2.41. The summed E-state index contributed by atoms with van der Waals surface area (Å²) in [5, 5.41) is 11.8. The average molecular weight is 270 g/mol. The standard InChI is InChI=1S/C12H22N4O3/c1-3-12(2,10(14)15-19)11(18)16-6-4-5-8(7-16)9(13)17/h8,19H,3-7H2,1-2H3,(H2,13,17)(H2,14,15). The average Bonchev–Trinajstić information content (AvgIpc) is 2.44. The number of hydrogen-bond acceptors (Lipinski definition) is 4. The van der Waals surface area contributed by atoms with E-state index in [1.807, 2.05) is 0 Å². The monoisotopic (exact) mass is 270 g/mol. The third-order valence-corrected chi connectivity index (χ3v) is 3.96. The molecule has 1 rings (SSSR count). The van der Waals surface area contributed by atoms with E-state index in [-0.39, 0.29) is 23.6 Å². The van der Waals surface area contributed by atoms with Crippen LogP contribution < -0.4 is 11.5 Å². The fourth-order valence-electron chi connectivity index (χ4n) is 2.30. The largest absolute Gasteiger partial charge is 0.409 e. The van der Waals surface area contributed by atoms with Gasteiger partial charge in [-0.1, -0.05) is 12.1 Å². The number of piperidine rings is 1. The van der Waals surface area contributed by atoms with Crippen LogP contribution in [-0.4, -0.2) is 40.8 Å². The molecule has 0 spiro atoms. The Morgan fingerprint density at radius 1 is 1.47 bits per heavy atom. The Morgan fingerprint density at radius 2 is 2.11 bits per heavy atom. The molecule has 2 amide bonds. The molecule has 2 unspecified atom stereocenters. The number of amides is 2. The van der Waals surface area contributed by atoms with E-state index in [9.17, 15) is 9.59 Å². The van der Waals surface area contributed by atoms with E-state index in [1.165, 1.54) is 0 Å². The van der Waals surface area contributed by atoms with Gasteiger partial charge in [0.15, 0.2) is 5.84 Å². The zero-order valence-electron chi connectivity index (χ0n) is 11.4. The number of primary amides is 1. The summed E-state index contributed by atoms with van der Waals surface area (Å²) in [6, 6.07) is 0. The van der Waals surface area contributed by atoms with Crippen LogP contribution >= 0.6 is 0 Å². The maximum absolute atomic E-state index is 12.5. The van der Waals surface area contributed by atoms with Crippen molar-refractivity contribution in [3.05, 3.63) is 0 Å². The van der Waals surface area contributed by atoms with Gasteiger partial charge in [0.25, 0.3) is 0 Å². The first-order valence-electron chi connectivity index (χ1n) is 6.43. The zero-order valence-corrected chi connectivity index (χ0v) is 11.4. The molecule has 0 saturated carbocycles. The predicted molar refractivity (Wildman–Crippen MR) is 70.3 cm³/mol. The lowest BCUT2D eigenvalue weighted by Gasteiger charge is -2.37. The maximum atomic E-state index is 12.5. The van der Waals surface area contributed by atoms with Crippen LogP contribution in [0.3, 0.4) is 0 Å². The van der Waals surface area contributed by atoms with E-state index in [2.05, 4.69) is 5.16 Å². The van der Waals surface area contributed by atoms with Crippen molar-refractivity contribution in [3.63, 3.8) is 0 Å². The normalized spacial score (nSPS) is 23.8. The molecule has 1 saturated heterocycles. The van der Waals surface area contributed by atoms with Gasteiger partial charge in [-0.05, 0) is 26.2 Å². The van der Waals surface area contributed by atoms with Crippen LogP contribution in [-0.2, 0) is 9.59 Å². The molecule has 0 aliphatic carbocycles. The van der Waals surface area contributed by atoms with Crippen molar-refractivity contribution in [2.75, 3.05) is 13.1 Å². The lowest BCUT2D eigenvalue weighted by Crippen LogP contribution is -2.53. The maximum Gasteiger partial charge on any atom is 0.236 e. The number of carbonyl (C=O) groups excluding carboxylic acids is 2. The number of nitrogens with zero attached hydrogens (tertiary/aromatic N) is 2. The Kier molecular flexibility index (Phi) is 4.74. The minimum Gasteiger partial charge on any atom is -0.409 e. The highest BCUT2D eigenvalue weighted by Crippen LogP contribution is 2.27. The smallest absolute Gasteiger partial charge is 0.236 e. The predicted octanol–water partition coefficient (Wildman–Crippen LogP) is -0.127. The molecule has 0 aromatic heterocycles. The van der Waals surface area contributed by atoms with Crippen molar-refractivity contribution >= 4 is 17.6 Å². The van der Waals surface area contributed by atoms with Crippen molar-refractivity contribution in [1.29, 1.82) is 0 Å². The Balaban J connectivity index is 2.89. The van der Waals surface area contributed by atoms with E-state index >= 15 is 0 Å². The molecular formula is C12H22N4O3. The van der Waals surface area contributed by atoms with E-state index in [0.29, 0.717) is 25.9 Å². The van der Waals surface area contributed by atoms with Crippen molar-refractivity contribution in [3.8, 4) is 0 Å². The lowest BCUT2D eigenvalue weighted by molar-refractivity contribution is -0.141. The molecule has 0 bridgehead atoms. The van der Waals surface area contributed by atoms with Gasteiger partial charge in [0.2, 0.25) is 11.8 Å². The molecule has 5 N–H and O–H groups in total. The minimum atomic E-state index is -1.05. The molecule has 1 fully saturated rings. The number of carbonyl (C=O) groups is 2. The fraction of sp³-hybridized carbons (Fsp3) is 0.750. The number of hydrogen-bond donors (Lipinski definition) is 3. The minimum absolute atomic E-state index is 0.110. The first kappa shape index (κ1) is 15.3. The van der Waals surface area contributed by atoms with Gasteiger partial charge in [-0.25, -0.2) is 0 Å². The molecule has 108 valence electrons. The van der Waals surface area contributed by atoms with Crippen LogP contribution in [0.25, 0.3) is 0 Å². The van der Waals surface area contributed by atoms with Gasteiger partial charge < -0.3 is 21.6 Å². The van der Waals surface area contributed by atoms with E-state index in [0.717, 1.165) is 6.42 Å². The van der Waals surface area contributed by atoms with Gasteiger partial charge in [0.1, 0.15) is 5.41 Å². The van der Waals surface area contributed by atoms with Crippen molar-refractivity contribution in [2.24, 2.45) is 28.0 Å². The second-order valence-electron chi connectivity index (χ2n) is 5.16. The summed E-state index contributed by atoms with van der Waals surface area (Å²) in [6.07, 6.45) is 1.85. The molecule has 2 atom stereocenters. The second-order valence-corrected chi connectivity index (χ2v) is 5.16. The van der Waals surface area contributed by atoms with Crippen molar-refractivity contribution in [2.45, 2.75) is 33.1 Å².